The molecule has 33 heavy (non-hydrogen) atoms. The van der Waals surface area contributed by atoms with E-state index in [0.717, 1.165) is 11.1 Å². The summed E-state index contributed by atoms with van der Waals surface area (Å²) in [4.78, 5) is 11.7. The highest BCUT2D eigenvalue weighted by atomic mass is 35.5. The molecular formula is C25H26ClNO5S. The highest BCUT2D eigenvalue weighted by Gasteiger charge is 2.24. The predicted molar refractivity (Wildman–Crippen MR) is 128 cm³/mol. The minimum absolute atomic E-state index is 0.149. The second kappa shape index (κ2) is 11.8. The predicted octanol–water partition coefficient (Wildman–Crippen LogP) is 4.72. The monoisotopic (exact) mass is 487 g/mol. The molecule has 0 amide bonds. The second-order valence-electron chi connectivity index (χ2n) is 7.35. The van der Waals surface area contributed by atoms with Gasteiger partial charge in [0, 0.05) is 24.5 Å². The number of carbonyl (C=O) groups is 1. The molecule has 0 bridgehead atoms. The Kier molecular flexibility index (Phi) is 8.88. The van der Waals surface area contributed by atoms with Crippen LogP contribution in [0.4, 0.5) is 0 Å². The Balaban J connectivity index is 1.77. The first-order chi connectivity index (χ1) is 15.9. The highest BCUT2D eigenvalue weighted by Crippen LogP contribution is 2.21. The summed E-state index contributed by atoms with van der Waals surface area (Å²) in [5.74, 6) is 0.288. The van der Waals surface area contributed by atoms with Gasteiger partial charge in [0.25, 0.3) is 0 Å². The van der Waals surface area contributed by atoms with Gasteiger partial charge in [0.15, 0.2) is 0 Å². The van der Waals surface area contributed by atoms with Crippen LogP contribution in [0.2, 0.25) is 5.02 Å². The molecular weight excluding hydrogens is 462 g/mol. The van der Waals surface area contributed by atoms with Crippen molar-refractivity contribution < 1.29 is 22.7 Å². The average Bonchev–Trinajstić information content (AvgIpc) is 2.82. The van der Waals surface area contributed by atoms with Gasteiger partial charge in [0.1, 0.15) is 12.4 Å². The fourth-order valence-corrected chi connectivity index (χ4v) is 4.90. The summed E-state index contributed by atoms with van der Waals surface area (Å²) in [6.07, 6.45) is 0.781. The molecule has 0 unspecified atom stereocenters. The molecule has 3 aromatic rings. The van der Waals surface area contributed by atoms with E-state index in [9.17, 15) is 13.2 Å². The fourth-order valence-electron chi connectivity index (χ4n) is 3.28. The number of ether oxygens (including phenoxy) is 2. The zero-order chi connectivity index (χ0) is 23.7. The van der Waals surface area contributed by atoms with Crippen molar-refractivity contribution in [2.24, 2.45) is 0 Å². The van der Waals surface area contributed by atoms with Crippen LogP contribution in [0, 0.1) is 0 Å². The minimum atomic E-state index is -3.75. The summed E-state index contributed by atoms with van der Waals surface area (Å²) in [6.45, 7) is 0.479. The Labute approximate surface area is 199 Å². The summed E-state index contributed by atoms with van der Waals surface area (Å²) < 4.78 is 38.6. The number of halogens is 1. The Morgan fingerprint density at radius 1 is 0.939 bits per heavy atom. The third-order valence-corrected chi connectivity index (χ3v) is 7.08. The molecule has 0 heterocycles. The van der Waals surface area contributed by atoms with Gasteiger partial charge >= 0.3 is 5.97 Å². The van der Waals surface area contributed by atoms with E-state index in [-0.39, 0.29) is 37.0 Å². The number of sulfonamides is 1. The summed E-state index contributed by atoms with van der Waals surface area (Å²) in [5.41, 5.74) is 1.75. The van der Waals surface area contributed by atoms with Crippen LogP contribution in [-0.4, -0.2) is 39.0 Å². The first-order valence-corrected chi connectivity index (χ1v) is 12.3. The Hall–Kier alpha value is -2.87. The fraction of sp³-hybridized carbons (Fsp3) is 0.240. The highest BCUT2D eigenvalue weighted by molar-refractivity contribution is 7.89. The number of aryl methyl sites for hydroxylation is 1. The number of carbonyl (C=O) groups excluding carboxylic acids is 1. The Morgan fingerprint density at radius 2 is 1.67 bits per heavy atom. The van der Waals surface area contributed by atoms with Crippen LogP contribution in [0.25, 0.3) is 0 Å². The Bertz CT molecular complexity index is 1170. The maximum absolute atomic E-state index is 13.4. The van der Waals surface area contributed by atoms with E-state index in [1.54, 1.807) is 54.6 Å². The lowest BCUT2D eigenvalue weighted by Crippen LogP contribution is -2.34. The smallest absolute Gasteiger partial charge is 0.305 e. The van der Waals surface area contributed by atoms with Crippen molar-refractivity contribution in [1.29, 1.82) is 0 Å². The maximum atomic E-state index is 13.4. The number of benzene rings is 3. The average molecular weight is 488 g/mol. The van der Waals surface area contributed by atoms with Crippen LogP contribution < -0.4 is 4.74 Å². The van der Waals surface area contributed by atoms with Gasteiger partial charge in [-0.05, 0) is 47.9 Å². The largest absolute Gasteiger partial charge is 0.492 e. The van der Waals surface area contributed by atoms with E-state index in [1.165, 1.54) is 11.4 Å². The number of methoxy groups -OCH3 is 1. The van der Waals surface area contributed by atoms with Crippen molar-refractivity contribution in [3.05, 3.63) is 95.0 Å². The van der Waals surface area contributed by atoms with Crippen LogP contribution in [0.5, 0.6) is 5.75 Å². The summed E-state index contributed by atoms with van der Waals surface area (Å²) >= 11 is 6.00. The molecule has 0 atom stereocenters. The van der Waals surface area contributed by atoms with Crippen LogP contribution in [0.3, 0.4) is 0 Å². The molecule has 8 heteroatoms. The molecule has 3 rings (SSSR count). The number of nitrogens with zero attached hydrogens (tertiary/aromatic N) is 1. The van der Waals surface area contributed by atoms with E-state index in [4.69, 9.17) is 21.1 Å². The van der Waals surface area contributed by atoms with Crippen LogP contribution in [0.15, 0.2) is 83.8 Å². The summed E-state index contributed by atoms with van der Waals surface area (Å²) in [7, 11) is -2.39. The van der Waals surface area contributed by atoms with E-state index in [0.29, 0.717) is 17.2 Å². The second-order valence-corrected chi connectivity index (χ2v) is 9.73. The van der Waals surface area contributed by atoms with Crippen molar-refractivity contribution in [3.8, 4) is 5.75 Å². The van der Waals surface area contributed by atoms with Crippen molar-refractivity contribution >= 4 is 27.6 Å². The molecule has 0 aliphatic carbocycles. The number of esters is 1. The van der Waals surface area contributed by atoms with Gasteiger partial charge in [-0.15, -0.1) is 0 Å². The van der Waals surface area contributed by atoms with Gasteiger partial charge in [-0.2, -0.15) is 4.31 Å². The van der Waals surface area contributed by atoms with E-state index in [2.05, 4.69) is 0 Å². The lowest BCUT2D eigenvalue weighted by atomic mass is 10.1. The van der Waals surface area contributed by atoms with Crippen molar-refractivity contribution in [1.82, 2.24) is 4.31 Å². The molecule has 0 aliphatic rings. The third-order valence-electron chi connectivity index (χ3n) is 4.98. The summed E-state index contributed by atoms with van der Waals surface area (Å²) in [6, 6.07) is 22.8. The zero-order valence-electron chi connectivity index (χ0n) is 18.3. The molecule has 6 nitrogen and oxygen atoms in total. The number of rotatable bonds is 11. The molecule has 0 spiro atoms. The number of hydrogen-bond acceptors (Lipinski definition) is 5. The Morgan fingerprint density at radius 3 is 2.39 bits per heavy atom. The van der Waals surface area contributed by atoms with E-state index < -0.39 is 10.0 Å². The van der Waals surface area contributed by atoms with E-state index >= 15 is 0 Å². The van der Waals surface area contributed by atoms with Crippen LogP contribution in [0.1, 0.15) is 17.5 Å². The number of hydrogen-bond donors (Lipinski definition) is 0. The molecule has 0 radical (unpaired) electrons. The molecule has 0 saturated carbocycles. The van der Waals surface area contributed by atoms with E-state index in [1.807, 2.05) is 24.3 Å². The molecule has 0 aromatic heterocycles. The molecule has 0 fully saturated rings. The first kappa shape index (κ1) is 24.8. The molecule has 0 N–H and O–H groups in total. The standard InChI is InChI=1S/C25H26ClNO5S/c1-31-25(28)14-13-20-7-5-8-21(17-20)19-27(33(29,30)24-11-3-2-4-12-24)15-16-32-23-10-6-9-22(26)18-23/h2-12,17-18H,13-16,19H2,1H3. The minimum Gasteiger partial charge on any atom is -0.492 e. The van der Waals surface area contributed by atoms with Gasteiger partial charge in [-0.1, -0.05) is 60.1 Å². The summed E-state index contributed by atoms with van der Waals surface area (Å²) in [5, 5.41) is 0.546. The SMILES string of the molecule is COC(=O)CCc1cccc(CN(CCOc2cccc(Cl)c2)S(=O)(=O)c2ccccc2)c1. The quantitative estimate of drug-likeness (QED) is 0.366. The van der Waals surface area contributed by atoms with Crippen LogP contribution in [-0.2, 0) is 32.5 Å². The molecule has 0 aliphatic heterocycles. The first-order valence-electron chi connectivity index (χ1n) is 10.5. The lowest BCUT2D eigenvalue weighted by molar-refractivity contribution is -0.140. The lowest BCUT2D eigenvalue weighted by Gasteiger charge is -2.23. The van der Waals surface area contributed by atoms with Crippen LogP contribution >= 0.6 is 11.6 Å². The zero-order valence-corrected chi connectivity index (χ0v) is 19.9. The van der Waals surface area contributed by atoms with Gasteiger partial charge in [0.05, 0.1) is 12.0 Å². The third kappa shape index (κ3) is 7.32. The normalized spacial score (nSPS) is 11.4. The maximum Gasteiger partial charge on any atom is 0.305 e. The molecule has 174 valence electrons. The van der Waals surface area contributed by atoms with Gasteiger partial charge in [0.2, 0.25) is 10.0 Å². The van der Waals surface area contributed by atoms with Gasteiger partial charge < -0.3 is 9.47 Å². The van der Waals surface area contributed by atoms with Gasteiger partial charge in [-0.3, -0.25) is 4.79 Å². The van der Waals surface area contributed by atoms with Crippen molar-refractivity contribution in [3.63, 3.8) is 0 Å². The molecule has 0 saturated heterocycles. The topological polar surface area (TPSA) is 72.9 Å². The van der Waals surface area contributed by atoms with Crippen molar-refractivity contribution in [2.75, 3.05) is 20.3 Å². The van der Waals surface area contributed by atoms with Gasteiger partial charge in [-0.25, -0.2) is 8.42 Å². The molecule has 3 aromatic carbocycles. The van der Waals surface area contributed by atoms with Crippen molar-refractivity contribution in [2.45, 2.75) is 24.3 Å².